The molecule has 0 saturated heterocycles. The Bertz CT molecular complexity index is 946. The van der Waals surface area contributed by atoms with Crippen molar-refractivity contribution in [2.75, 3.05) is 0 Å². The first-order valence-electron chi connectivity index (χ1n) is 9.12. The highest BCUT2D eigenvalue weighted by Crippen LogP contribution is 2.36. The standard InChI is InChI=1S/C22H21FN2O/c1-2-8-18-22-20(25(24-18)19-12-7-6-11-17(19)23)13-16(14-21(22)26)15-9-4-3-5-10-15/h3-7,9-12,16H,2,8,13-14H2,1H3/t16-/m1/s1. The molecule has 0 saturated carbocycles. The molecule has 1 aliphatic carbocycles. The van der Waals surface area contributed by atoms with Gasteiger partial charge in [-0.15, -0.1) is 0 Å². The van der Waals surface area contributed by atoms with Crippen LogP contribution in [-0.4, -0.2) is 15.6 Å². The number of carbonyl (C=O) groups is 1. The zero-order valence-corrected chi connectivity index (χ0v) is 14.8. The average molecular weight is 348 g/mol. The average Bonchev–Trinajstić information content (AvgIpc) is 3.02. The summed E-state index contributed by atoms with van der Waals surface area (Å²) in [5.74, 6) is -0.103. The number of halogens is 1. The molecule has 3 aromatic rings. The van der Waals surface area contributed by atoms with Gasteiger partial charge in [0, 0.05) is 6.42 Å². The first kappa shape index (κ1) is 16.7. The van der Waals surface area contributed by atoms with Crippen LogP contribution in [0.1, 0.15) is 53.0 Å². The van der Waals surface area contributed by atoms with Crippen LogP contribution in [0.25, 0.3) is 5.69 Å². The Balaban J connectivity index is 1.85. The number of nitrogens with zero attached hydrogens (tertiary/aromatic N) is 2. The molecule has 1 heterocycles. The topological polar surface area (TPSA) is 34.9 Å². The largest absolute Gasteiger partial charge is 0.294 e. The van der Waals surface area contributed by atoms with Crippen LogP contribution in [0.3, 0.4) is 0 Å². The molecular weight excluding hydrogens is 327 g/mol. The predicted octanol–water partition coefficient (Wildman–Crippen LogP) is 4.88. The van der Waals surface area contributed by atoms with Gasteiger partial charge in [-0.2, -0.15) is 5.10 Å². The zero-order valence-electron chi connectivity index (χ0n) is 14.8. The smallest absolute Gasteiger partial charge is 0.167 e. The third kappa shape index (κ3) is 2.85. The number of hydrogen-bond donors (Lipinski definition) is 0. The normalized spacial score (nSPS) is 16.5. The third-order valence-corrected chi connectivity index (χ3v) is 5.04. The van der Waals surface area contributed by atoms with E-state index in [4.69, 9.17) is 0 Å². The van der Waals surface area contributed by atoms with E-state index in [1.165, 1.54) is 6.07 Å². The Hall–Kier alpha value is -2.75. The van der Waals surface area contributed by atoms with Gasteiger partial charge >= 0.3 is 0 Å². The fraction of sp³-hybridized carbons (Fsp3) is 0.273. The summed E-state index contributed by atoms with van der Waals surface area (Å²) < 4.78 is 16.1. The number of hydrogen-bond acceptors (Lipinski definition) is 2. The minimum atomic E-state index is -0.324. The Morgan fingerprint density at radius 3 is 2.54 bits per heavy atom. The second-order valence-electron chi connectivity index (χ2n) is 6.82. The summed E-state index contributed by atoms with van der Waals surface area (Å²) in [5.41, 5.74) is 3.89. The molecule has 132 valence electrons. The first-order valence-corrected chi connectivity index (χ1v) is 9.12. The van der Waals surface area contributed by atoms with Crippen molar-refractivity contribution >= 4 is 5.78 Å². The van der Waals surface area contributed by atoms with Crippen molar-refractivity contribution in [3.8, 4) is 5.69 Å². The molecule has 1 aliphatic rings. The van der Waals surface area contributed by atoms with E-state index in [0.717, 1.165) is 29.8 Å². The second kappa shape index (κ2) is 6.87. The summed E-state index contributed by atoms with van der Waals surface area (Å²) in [5, 5.41) is 4.65. The minimum Gasteiger partial charge on any atom is -0.294 e. The number of para-hydroxylation sites is 1. The number of benzene rings is 2. The van der Waals surface area contributed by atoms with Crippen molar-refractivity contribution in [1.29, 1.82) is 0 Å². The van der Waals surface area contributed by atoms with Crippen molar-refractivity contribution in [2.24, 2.45) is 0 Å². The van der Waals surface area contributed by atoms with Crippen LogP contribution in [0.15, 0.2) is 54.6 Å². The summed E-state index contributed by atoms with van der Waals surface area (Å²) in [6.45, 7) is 2.06. The van der Waals surface area contributed by atoms with Crippen molar-refractivity contribution in [2.45, 2.75) is 38.5 Å². The van der Waals surface area contributed by atoms with E-state index in [9.17, 15) is 9.18 Å². The molecule has 26 heavy (non-hydrogen) atoms. The van der Waals surface area contributed by atoms with E-state index < -0.39 is 0 Å². The quantitative estimate of drug-likeness (QED) is 0.674. The molecule has 1 aromatic heterocycles. The molecule has 4 heteroatoms. The highest BCUT2D eigenvalue weighted by Gasteiger charge is 2.33. The van der Waals surface area contributed by atoms with Crippen LogP contribution in [0, 0.1) is 5.82 Å². The molecule has 0 N–H and O–H groups in total. The van der Waals surface area contributed by atoms with Gasteiger partial charge < -0.3 is 0 Å². The first-order chi connectivity index (χ1) is 12.7. The van der Waals surface area contributed by atoms with E-state index in [-0.39, 0.29) is 17.5 Å². The maximum absolute atomic E-state index is 14.4. The number of ketones is 1. The predicted molar refractivity (Wildman–Crippen MR) is 99.4 cm³/mol. The molecule has 3 nitrogen and oxygen atoms in total. The van der Waals surface area contributed by atoms with Crippen LogP contribution in [0.2, 0.25) is 0 Å². The maximum atomic E-state index is 14.4. The van der Waals surface area contributed by atoms with Crippen molar-refractivity contribution in [3.05, 3.63) is 82.9 Å². The lowest BCUT2D eigenvalue weighted by atomic mass is 9.81. The maximum Gasteiger partial charge on any atom is 0.167 e. The fourth-order valence-electron chi connectivity index (χ4n) is 3.84. The minimum absolute atomic E-state index is 0.105. The number of aryl methyl sites for hydroxylation is 1. The fourth-order valence-corrected chi connectivity index (χ4v) is 3.84. The van der Waals surface area contributed by atoms with Crippen LogP contribution < -0.4 is 0 Å². The number of fused-ring (bicyclic) bond motifs is 1. The molecule has 0 fully saturated rings. The molecule has 0 spiro atoms. The van der Waals surface area contributed by atoms with Gasteiger partial charge in [-0.3, -0.25) is 4.79 Å². The Labute approximate surface area is 152 Å². The molecule has 0 unspecified atom stereocenters. The lowest BCUT2D eigenvalue weighted by Crippen LogP contribution is -2.21. The monoisotopic (exact) mass is 348 g/mol. The molecule has 1 atom stereocenters. The van der Waals surface area contributed by atoms with Gasteiger partial charge in [0.15, 0.2) is 5.78 Å². The van der Waals surface area contributed by atoms with Gasteiger partial charge in [-0.05, 0) is 36.5 Å². The Morgan fingerprint density at radius 1 is 1.08 bits per heavy atom. The number of Topliss-reactive ketones (excluding diaryl/α,β-unsaturated/α-hetero) is 1. The molecule has 4 rings (SSSR count). The van der Waals surface area contributed by atoms with Crippen molar-refractivity contribution in [1.82, 2.24) is 9.78 Å². The van der Waals surface area contributed by atoms with Gasteiger partial charge in [0.2, 0.25) is 0 Å². The summed E-state index contributed by atoms with van der Waals surface area (Å²) in [7, 11) is 0. The summed E-state index contributed by atoms with van der Waals surface area (Å²) in [6.07, 6.45) is 2.80. The second-order valence-corrected chi connectivity index (χ2v) is 6.82. The van der Waals surface area contributed by atoms with Crippen molar-refractivity contribution in [3.63, 3.8) is 0 Å². The van der Waals surface area contributed by atoms with Crippen LogP contribution in [0.5, 0.6) is 0 Å². The Morgan fingerprint density at radius 2 is 1.81 bits per heavy atom. The molecule has 0 aliphatic heterocycles. The third-order valence-electron chi connectivity index (χ3n) is 5.04. The van der Waals surface area contributed by atoms with Crippen LogP contribution >= 0.6 is 0 Å². The van der Waals surface area contributed by atoms with E-state index in [1.807, 2.05) is 18.2 Å². The van der Waals surface area contributed by atoms with Crippen molar-refractivity contribution < 1.29 is 9.18 Å². The lowest BCUT2D eigenvalue weighted by Gasteiger charge is -2.23. The Kier molecular flexibility index (Phi) is 4.41. The highest BCUT2D eigenvalue weighted by atomic mass is 19.1. The summed E-state index contributed by atoms with van der Waals surface area (Å²) in [4.78, 5) is 12.9. The summed E-state index contributed by atoms with van der Waals surface area (Å²) >= 11 is 0. The molecule has 0 radical (unpaired) electrons. The lowest BCUT2D eigenvalue weighted by molar-refractivity contribution is 0.0963. The highest BCUT2D eigenvalue weighted by molar-refractivity contribution is 6.00. The van der Waals surface area contributed by atoms with Crippen LogP contribution in [-0.2, 0) is 12.8 Å². The number of aromatic nitrogens is 2. The number of rotatable bonds is 4. The van der Waals surface area contributed by atoms with Gasteiger partial charge in [-0.1, -0.05) is 55.8 Å². The van der Waals surface area contributed by atoms with Crippen LogP contribution in [0.4, 0.5) is 4.39 Å². The molecular formula is C22H21FN2O. The zero-order chi connectivity index (χ0) is 18.1. The van der Waals surface area contributed by atoms with Gasteiger partial charge in [0.1, 0.15) is 11.5 Å². The summed E-state index contributed by atoms with van der Waals surface area (Å²) in [6, 6.07) is 16.7. The van der Waals surface area contributed by atoms with Gasteiger partial charge in [-0.25, -0.2) is 9.07 Å². The van der Waals surface area contributed by atoms with Gasteiger partial charge in [0.05, 0.1) is 17.0 Å². The number of carbonyl (C=O) groups excluding carboxylic acids is 1. The molecule has 0 bridgehead atoms. The molecule has 2 aromatic carbocycles. The van der Waals surface area contributed by atoms with E-state index in [2.05, 4.69) is 24.2 Å². The SMILES string of the molecule is CCCc1nn(-c2ccccc2F)c2c1C(=O)C[C@H](c1ccccc1)C2. The van der Waals surface area contributed by atoms with E-state index in [1.54, 1.807) is 22.9 Å². The molecule has 0 amide bonds. The van der Waals surface area contributed by atoms with Gasteiger partial charge in [0.25, 0.3) is 0 Å². The van der Waals surface area contributed by atoms with E-state index in [0.29, 0.717) is 24.1 Å². The van der Waals surface area contributed by atoms with E-state index >= 15 is 0 Å².